The van der Waals surface area contributed by atoms with Crippen LogP contribution in [0.15, 0.2) is 190 Å². The van der Waals surface area contributed by atoms with Gasteiger partial charge in [-0.05, 0) is 107 Å². The van der Waals surface area contributed by atoms with Gasteiger partial charge in [0.05, 0.1) is 17.3 Å². The summed E-state index contributed by atoms with van der Waals surface area (Å²) in [4.78, 5) is 0. The number of rotatable bonds is 3. The minimum absolute atomic E-state index is 0.734. The Bertz CT molecular complexity index is 3780. The zero-order valence-electron chi connectivity index (χ0n) is 31.5. The lowest BCUT2D eigenvalue weighted by Crippen LogP contribution is -1.95. The third-order valence-electron chi connectivity index (χ3n) is 12.1. The second kappa shape index (κ2) is 12.0. The number of hydrogen-bond donors (Lipinski definition) is 0. The van der Waals surface area contributed by atoms with E-state index in [1.54, 1.807) is 6.26 Å². The third-order valence-corrected chi connectivity index (χ3v) is 12.1. The first-order chi connectivity index (χ1) is 29.1. The van der Waals surface area contributed by atoms with Gasteiger partial charge in [0.1, 0.15) is 39.4 Å². The minimum atomic E-state index is 0.734. The van der Waals surface area contributed by atoms with Crippen molar-refractivity contribution in [1.29, 1.82) is 0 Å². The summed E-state index contributed by atoms with van der Waals surface area (Å²) in [6.07, 6.45) is 3.57. The van der Waals surface area contributed by atoms with Gasteiger partial charge in [-0.25, -0.2) is 0 Å². The Labute approximate surface area is 336 Å². The second-order valence-corrected chi connectivity index (χ2v) is 15.3. The van der Waals surface area contributed by atoms with E-state index in [1.165, 1.54) is 10.8 Å². The van der Waals surface area contributed by atoms with Crippen molar-refractivity contribution in [2.24, 2.45) is 0 Å². The molecule has 12 aromatic rings. The summed E-state index contributed by atoms with van der Waals surface area (Å²) in [6.45, 7) is 4.52. The summed E-state index contributed by atoms with van der Waals surface area (Å²) < 4.78 is 27.3. The van der Waals surface area contributed by atoms with E-state index in [0.29, 0.717) is 0 Å². The smallest absolute Gasteiger partial charge is 0.139 e. The zero-order chi connectivity index (χ0) is 38.8. The molecule has 5 heterocycles. The molecule has 276 valence electrons. The molecule has 5 nitrogen and oxygen atoms in total. The van der Waals surface area contributed by atoms with E-state index in [2.05, 4.69) is 132 Å². The monoisotopic (exact) mass is 757 g/mol. The van der Waals surface area contributed by atoms with Crippen LogP contribution in [0.2, 0.25) is 0 Å². The van der Waals surface area contributed by atoms with Gasteiger partial charge in [0, 0.05) is 60.6 Å². The van der Waals surface area contributed by atoms with Crippen molar-refractivity contribution in [3.8, 4) is 33.7 Å². The Morgan fingerprint density at radius 1 is 0.407 bits per heavy atom. The summed E-state index contributed by atoms with van der Waals surface area (Å²) in [5, 5.41) is 7.64. The van der Waals surface area contributed by atoms with Gasteiger partial charge in [0.15, 0.2) is 0 Å². The molecular formula is C54H31NO4. The van der Waals surface area contributed by atoms with Crippen LogP contribution in [-0.2, 0) is 0 Å². The van der Waals surface area contributed by atoms with Crippen LogP contribution in [0.25, 0.3) is 116 Å². The quantitative estimate of drug-likeness (QED) is 0.180. The van der Waals surface area contributed by atoms with Crippen molar-refractivity contribution in [3.63, 3.8) is 0 Å². The van der Waals surface area contributed by atoms with Gasteiger partial charge in [0.2, 0.25) is 0 Å². The Balaban J connectivity index is 0.961. The lowest BCUT2D eigenvalue weighted by molar-refractivity contribution is 0.481. The van der Waals surface area contributed by atoms with Crippen molar-refractivity contribution in [1.82, 2.24) is 4.57 Å². The second-order valence-electron chi connectivity index (χ2n) is 15.3. The number of hydrogen-bond acceptors (Lipinski definition) is 4. The number of nitrogens with zero attached hydrogens (tertiary/aromatic N) is 1. The fourth-order valence-corrected chi connectivity index (χ4v) is 9.26. The number of fused-ring (bicyclic) bond motifs is 13. The zero-order valence-corrected chi connectivity index (χ0v) is 31.5. The average molecular weight is 758 g/mol. The first-order valence-electron chi connectivity index (χ1n) is 19.7. The van der Waals surface area contributed by atoms with Gasteiger partial charge < -0.3 is 22.6 Å². The molecule has 0 atom stereocenters. The van der Waals surface area contributed by atoms with Crippen molar-refractivity contribution >= 4 is 88.3 Å². The largest absolute Gasteiger partial charge is 0.464 e. The Hall–Kier alpha value is -8.02. The van der Waals surface area contributed by atoms with Crippen LogP contribution in [0.1, 0.15) is 16.9 Å². The van der Waals surface area contributed by atoms with Gasteiger partial charge in [-0.2, -0.15) is 0 Å². The van der Waals surface area contributed by atoms with Crippen molar-refractivity contribution in [2.75, 3.05) is 0 Å². The lowest BCUT2D eigenvalue weighted by atomic mass is 9.93. The van der Waals surface area contributed by atoms with E-state index >= 15 is 0 Å². The molecular weight excluding hydrogens is 727 g/mol. The number of furan rings is 3. The van der Waals surface area contributed by atoms with E-state index in [-0.39, 0.29) is 0 Å². The highest BCUT2D eigenvalue weighted by Crippen LogP contribution is 2.43. The molecule has 0 fully saturated rings. The molecule has 1 aliphatic heterocycles. The third kappa shape index (κ3) is 4.73. The van der Waals surface area contributed by atoms with Crippen LogP contribution in [0.4, 0.5) is 0 Å². The van der Waals surface area contributed by atoms with Crippen LogP contribution < -0.4 is 4.74 Å². The average Bonchev–Trinajstić information content (AvgIpc) is 4.02. The predicted molar refractivity (Wildman–Crippen MR) is 240 cm³/mol. The first-order valence-corrected chi connectivity index (χ1v) is 19.7. The highest BCUT2D eigenvalue weighted by Gasteiger charge is 2.22. The lowest BCUT2D eigenvalue weighted by Gasteiger charge is -2.13. The van der Waals surface area contributed by atoms with Gasteiger partial charge in [-0.15, -0.1) is 0 Å². The molecule has 0 N–H and O–H groups in total. The normalized spacial score (nSPS) is 13.4. The van der Waals surface area contributed by atoms with Crippen LogP contribution >= 0.6 is 0 Å². The Morgan fingerprint density at radius 2 is 1.02 bits per heavy atom. The van der Waals surface area contributed by atoms with Crippen molar-refractivity contribution in [3.05, 3.63) is 194 Å². The SMILES string of the molecule is C=C1c2ccccc2O/C=C\c2oc3ccc(-c4ccc5c(c4)c4ccc(-c6ccc7oc8cc9c(cc8c7c6)oc6ccccc69)cc4n5-c4ccccc4)cc3c21. The van der Waals surface area contributed by atoms with Gasteiger partial charge >= 0.3 is 0 Å². The van der Waals surface area contributed by atoms with Crippen LogP contribution in [-0.4, -0.2) is 4.57 Å². The van der Waals surface area contributed by atoms with E-state index in [9.17, 15) is 0 Å². The van der Waals surface area contributed by atoms with Gasteiger partial charge in [-0.3, -0.25) is 0 Å². The molecule has 4 aromatic heterocycles. The van der Waals surface area contributed by atoms with Gasteiger partial charge in [-0.1, -0.05) is 91.5 Å². The van der Waals surface area contributed by atoms with E-state index in [4.69, 9.17) is 18.0 Å². The molecule has 59 heavy (non-hydrogen) atoms. The molecule has 0 unspecified atom stereocenters. The molecule has 0 saturated carbocycles. The topological polar surface area (TPSA) is 53.6 Å². The van der Waals surface area contributed by atoms with Crippen LogP contribution in [0.3, 0.4) is 0 Å². The minimum Gasteiger partial charge on any atom is -0.464 e. The van der Waals surface area contributed by atoms with Crippen molar-refractivity contribution in [2.45, 2.75) is 0 Å². The molecule has 13 rings (SSSR count). The molecule has 1 aliphatic rings. The maximum atomic E-state index is 6.42. The maximum Gasteiger partial charge on any atom is 0.139 e. The standard InChI is InChI=1S/C54H31NO4/c1-31-37-11-5-7-13-47(37)56-24-23-51-54(31)44-27-34(18-22-50(44)57-51)32-16-20-45-40(25-32)38-19-15-35(28-46(38)55(45)36-9-3-2-4-10-36)33-17-21-49-41(26-33)43-30-52-42(29-53(43)59-49)39-12-6-8-14-48(39)58-52/h2-30H,1H2/b24-23-. The molecule has 0 spiro atoms. The van der Waals surface area contributed by atoms with Crippen LogP contribution in [0, 0.1) is 0 Å². The summed E-state index contributed by atoms with van der Waals surface area (Å²) in [5.74, 6) is 1.51. The molecule has 0 saturated heterocycles. The molecule has 0 bridgehead atoms. The molecule has 0 aliphatic carbocycles. The first kappa shape index (κ1) is 32.1. The van der Waals surface area contributed by atoms with E-state index in [1.807, 2.05) is 48.5 Å². The Kier molecular flexibility index (Phi) is 6.53. The highest BCUT2D eigenvalue weighted by molar-refractivity contribution is 6.16. The summed E-state index contributed by atoms with van der Waals surface area (Å²) in [5.41, 5.74) is 14.9. The van der Waals surface area contributed by atoms with E-state index < -0.39 is 0 Å². The predicted octanol–water partition coefficient (Wildman–Crippen LogP) is 15.1. The fourth-order valence-electron chi connectivity index (χ4n) is 9.26. The van der Waals surface area contributed by atoms with Gasteiger partial charge in [0.25, 0.3) is 0 Å². The molecule has 5 heteroatoms. The van der Waals surface area contributed by atoms with Crippen LogP contribution in [0.5, 0.6) is 5.75 Å². The number of para-hydroxylation sites is 3. The highest BCUT2D eigenvalue weighted by atomic mass is 16.5. The molecule has 0 amide bonds. The number of ether oxygens (including phenoxy) is 1. The molecule has 8 aromatic carbocycles. The fraction of sp³-hybridized carbons (Fsp3) is 0. The summed E-state index contributed by atoms with van der Waals surface area (Å²) >= 11 is 0. The number of benzene rings is 8. The number of aromatic nitrogens is 1. The maximum absolute atomic E-state index is 6.42. The van der Waals surface area contributed by atoms with Crippen molar-refractivity contribution < 1.29 is 18.0 Å². The summed E-state index contributed by atoms with van der Waals surface area (Å²) in [7, 11) is 0. The molecule has 0 radical (unpaired) electrons. The Morgan fingerprint density at radius 3 is 1.85 bits per heavy atom. The van der Waals surface area contributed by atoms with E-state index in [0.717, 1.165) is 122 Å². The summed E-state index contributed by atoms with van der Waals surface area (Å²) in [6, 6.07) is 57.5.